The van der Waals surface area contributed by atoms with Crippen LogP contribution in [-0.4, -0.2) is 29.3 Å². The monoisotopic (exact) mass is 481 g/mol. The standard InChI is InChI=1S/C27H32ClN3O3/c1-26(2)24(27(3,4)25(26)34-21-13-11-18(16-29)22(28)15-21)31-23(33)19-10-12-20(30-17-19)9-7-5-6-8-14-32/h10-15,17,24-25H,5-9H2,1-4H3,(H,31,33). The van der Waals surface area contributed by atoms with Gasteiger partial charge >= 0.3 is 0 Å². The van der Waals surface area contributed by atoms with Gasteiger partial charge in [-0.2, -0.15) is 5.26 Å². The van der Waals surface area contributed by atoms with Crippen molar-refractivity contribution in [2.75, 3.05) is 0 Å². The summed E-state index contributed by atoms with van der Waals surface area (Å²) >= 11 is 6.16. The Labute approximate surface area is 206 Å². The van der Waals surface area contributed by atoms with E-state index in [-0.39, 0.29) is 28.9 Å². The predicted molar refractivity (Wildman–Crippen MR) is 132 cm³/mol. The molecule has 1 aliphatic rings. The number of nitrogens with zero attached hydrogens (tertiary/aromatic N) is 2. The van der Waals surface area contributed by atoms with E-state index in [0.717, 1.165) is 37.7 Å². The van der Waals surface area contributed by atoms with Gasteiger partial charge in [0.05, 0.1) is 16.1 Å². The van der Waals surface area contributed by atoms with E-state index in [4.69, 9.17) is 21.6 Å². The number of pyridine rings is 1. The molecule has 34 heavy (non-hydrogen) atoms. The van der Waals surface area contributed by atoms with Gasteiger partial charge in [0.1, 0.15) is 24.2 Å². The van der Waals surface area contributed by atoms with Crippen molar-refractivity contribution in [3.05, 3.63) is 58.4 Å². The Morgan fingerprint density at radius 1 is 1.18 bits per heavy atom. The average Bonchev–Trinajstić information content (AvgIpc) is 2.81. The lowest BCUT2D eigenvalue weighted by Crippen LogP contribution is -2.74. The summed E-state index contributed by atoms with van der Waals surface area (Å²) in [5, 5.41) is 12.6. The van der Waals surface area contributed by atoms with Gasteiger partial charge in [0.2, 0.25) is 0 Å². The molecule has 1 fully saturated rings. The van der Waals surface area contributed by atoms with Gasteiger partial charge in [0.25, 0.3) is 5.91 Å². The Kier molecular flexibility index (Phi) is 7.99. The Hall–Kier alpha value is -2.91. The number of nitriles is 1. The zero-order valence-electron chi connectivity index (χ0n) is 20.2. The highest BCUT2D eigenvalue weighted by Crippen LogP contribution is 2.55. The zero-order valence-corrected chi connectivity index (χ0v) is 21.0. The van der Waals surface area contributed by atoms with E-state index in [1.165, 1.54) is 0 Å². The molecule has 1 aliphatic carbocycles. The highest BCUT2D eigenvalue weighted by molar-refractivity contribution is 6.31. The topological polar surface area (TPSA) is 92.1 Å². The third-order valence-electron chi connectivity index (χ3n) is 6.77. The Morgan fingerprint density at radius 3 is 2.50 bits per heavy atom. The Balaban J connectivity index is 1.61. The van der Waals surface area contributed by atoms with Crippen LogP contribution in [0.15, 0.2) is 36.5 Å². The molecule has 0 radical (unpaired) electrons. The maximum Gasteiger partial charge on any atom is 0.253 e. The number of amides is 1. The van der Waals surface area contributed by atoms with E-state index in [1.807, 2.05) is 18.2 Å². The van der Waals surface area contributed by atoms with Crippen LogP contribution in [-0.2, 0) is 11.2 Å². The molecular formula is C27H32ClN3O3. The number of halogens is 1. The fourth-order valence-electron chi connectivity index (χ4n) is 5.23. The molecule has 0 atom stereocenters. The number of ether oxygens (including phenoxy) is 1. The van der Waals surface area contributed by atoms with Crippen molar-refractivity contribution in [3.63, 3.8) is 0 Å². The van der Waals surface area contributed by atoms with E-state index in [0.29, 0.717) is 28.3 Å². The number of rotatable bonds is 10. The van der Waals surface area contributed by atoms with Gasteiger partial charge in [-0.25, -0.2) is 0 Å². The van der Waals surface area contributed by atoms with E-state index in [2.05, 4.69) is 38.0 Å². The summed E-state index contributed by atoms with van der Waals surface area (Å²) in [6, 6.07) is 10.7. The van der Waals surface area contributed by atoms with Gasteiger partial charge < -0.3 is 14.8 Å². The molecule has 1 aromatic heterocycles. The fraction of sp³-hybridized carbons (Fsp3) is 0.481. The minimum Gasteiger partial charge on any atom is -0.489 e. The van der Waals surface area contributed by atoms with E-state index in [1.54, 1.807) is 24.4 Å². The zero-order chi connectivity index (χ0) is 24.9. The highest BCUT2D eigenvalue weighted by Gasteiger charge is 2.64. The predicted octanol–water partition coefficient (Wildman–Crippen LogP) is 5.52. The molecule has 7 heteroatoms. The van der Waals surface area contributed by atoms with Crippen molar-refractivity contribution < 1.29 is 14.3 Å². The number of carbonyl (C=O) groups is 2. The number of aromatic nitrogens is 1. The average molecular weight is 482 g/mol. The molecular weight excluding hydrogens is 450 g/mol. The third kappa shape index (κ3) is 5.42. The van der Waals surface area contributed by atoms with Crippen molar-refractivity contribution in [3.8, 4) is 11.8 Å². The molecule has 6 nitrogen and oxygen atoms in total. The molecule has 0 unspecified atom stereocenters. The van der Waals surface area contributed by atoms with Gasteiger partial charge in [0.15, 0.2) is 0 Å². The Bertz CT molecular complexity index is 1060. The van der Waals surface area contributed by atoms with E-state index in [9.17, 15) is 9.59 Å². The number of aryl methyl sites for hydroxylation is 1. The maximum atomic E-state index is 13.0. The molecule has 1 amide bonds. The van der Waals surface area contributed by atoms with Crippen molar-refractivity contribution in [2.24, 2.45) is 10.8 Å². The first-order valence-electron chi connectivity index (χ1n) is 11.7. The molecule has 2 aromatic rings. The first kappa shape index (κ1) is 25.7. The summed E-state index contributed by atoms with van der Waals surface area (Å²) in [6.45, 7) is 8.30. The Morgan fingerprint density at radius 2 is 1.91 bits per heavy atom. The molecule has 0 bridgehead atoms. The second-order valence-corrected chi connectivity index (χ2v) is 10.5. The maximum absolute atomic E-state index is 13.0. The van der Waals surface area contributed by atoms with Crippen LogP contribution >= 0.6 is 11.6 Å². The second-order valence-electron chi connectivity index (χ2n) is 10.1. The lowest BCUT2D eigenvalue weighted by Gasteiger charge is -2.63. The molecule has 1 aromatic carbocycles. The van der Waals surface area contributed by atoms with Crippen molar-refractivity contribution in [2.45, 2.75) is 71.9 Å². The van der Waals surface area contributed by atoms with Crippen LogP contribution in [0, 0.1) is 22.2 Å². The first-order valence-corrected chi connectivity index (χ1v) is 12.0. The second kappa shape index (κ2) is 10.6. The minimum absolute atomic E-state index is 0.108. The summed E-state index contributed by atoms with van der Waals surface area (Å²) in [5.74, 6) is 0.446. The quantitative estimate of drug-likeness (QED) is 0.356. The van der Waals surface area contributed by atoms with Crippen LogP contribution in [0.4, 0.5) is 0 Å². The molecule has 1 N–H and O–H groups in total. The molecule has 1 heterocycles. The minimum atomic E-state index is -0.325. The first-order chi connectivity index (χ1) is 16.1. The molecule has 0 spiro atoms. The SMILES string of the molecule is CC1(C)C(NC(=O)c2ccc(CCCCCC=O)nc2)C(C)(C)C1Oc1ccc(C#N)c(Cl)c1. The lowest BCUT2D eigenvalue weighted by atomic mass is 9.49. The number of unbranched alkanes of at least 4 members (excludes halogenated alkanes) is 3. The number of carbonyl (C=O) groups excluding carboxylic acids is 2. The summed E-state index contributed by atoms with van der Waals surface area (Å²) in [5.41, 5.74) is 1.23. The van der Waals surface area contributed by atoms with Crippen molar-refractivity contribution in [1.82, 2.24) is 10.3 Å². The molecule has 180 valence electrons. The van der Waals surface area contributed by atoms with Crippen LogP contribution in [0.2, 0.25) is 5.02 Å². The molecule has 0 aliphatic heterocycles. The summed E-state index contributed by atoms with van der Waals surface area (Å²) in [4.78, 5) is 27.8. The van der Waals surface area contributed by atoms with E-state index < -0.39 is 0 Å². The van der Waals surface area contributed by atoms with Crippen LogP contribution in [0.25, 0.3) is 0 Å². The largest absolute Gasteiger partial charge is 0.489 e. The highest BCUT2D eigenvalue weighted by atomic mass is 35.5. The van der Waals surface area contributed by atoms with Crippen LogP contribution in [0.1, 0.15) is 75.0 Å². The number of nitrogens with one attached hydrogen (secondary N) is 1. The van der Waals surface area contributed by atoms with Gasteiger partial charge in [-0.1, -0.05) is 45.7 Å². The van der Waals surface area contributed by atoms with Gasteiger partial charge in [-0.05, 0) is 43.5 Å². The summed E-state index contributed by atoms with van der Waals surface area (Å²) < 4.78 is 6.28. The molecule has 0 saturated heterocycles. The van der Waals surface area contributed by atoms with Crippen LogP contribution in [0.5, 0.6) is 5.75 Å². The fourth-order valence-corrected chi connectivity index (χ4v) is 5.44. The summed E-state index contributed by atoms with van der Waals surface area (Å²) in [7, 11) is 0. The van der Waals surface area contributed by atoms with Gasteiger partial charge in [0, 0.05) is 41.2 Å². The number of hydrogen-bond acceptors (Lipinski definition) is 5. The normalized spacial score (nSPS) is 20.0. The third-order valence-corrected chi connectivity index (χ3v) is 7.08. The smallest absolute Gasteiger partial charge is 0.253 e. The van der Waals surface area contributed by atoms with Crippen LogP contribution < -0.4 is 10.1 Å². The lowest BCUT2D eigenvalue weighted by molar-refractivity contribution is -0.164. The number of benzene rings is 1. The van der Waals surface area contributed by atoms with Gasteiger partial charge in [-0.15, -0.1) is 0 Å². The van der Waals surface area contributed by atoms with Crippen molar-refractivity contribution >= 4 is 23.8 Å². The molecule has 3 rings (SSSR count). The number of aldehydes is 1. The van der Waals surface area contributed by atoms with Crippen molar-refractivity contribution in [1.29, 1.82) is 5.26 Å². The van der Waals surface area contributed by atoms with Crippen LogP contribution in [0.3, 0.4) is 0 Å². The molecule has 1 saturated carbocycles. The van der Waals surface area contributed by atoms with Gasteiger partial charge in [-0.3, -0.25) is 9.78 Å². The number of hydrogen-bond donors (Lipinski definition) is 1. The summed E-state index contributed by atoms with van der Waals surface area (Å²) in [6.07, 6.45) is 6.73. The van der Waals surface area contributed by atoms with E-state index >= 15 is 0 Å².